The lowest BCUT2D eigenvalue weighted by atomic mass is 10.2. The quantitative estimate of drug-likeness (QED) is 0.834. The first kappa shape index (κ1) is 14.1. The van der Waals surface area contributed by atoms with Crippen molar-refractivity contribution in [3.05, 3.63) is 24.0 Å². The predicted octanol–water partition coefficient (Wildman–Crippen LogP) is 1.94. The molecule has 1 fully saturated rings. The molecule has 1 aromatic carbocycles. The number of nitrogen functional groups attached to an aromatic ring is 1. The number of halogens is 1. The molecule has 19 heavy (non-hydrogen) atoms. The second-order valence-corrected chi connectivity index (χ2v) is 6.33. The van der Waals surface area contributed by atoms with E-state index in [-0.39, 0.29) is 11.4 Å². The summed E-state index contributed by atoms with van der Waals surface area (Å²) in [6.45, 7) is 1.04. The summed E-state index contributed by atoms with van der Waals surface area (Å²) in [4.78, 5) is 0. The smallest absolute Gasteiger partial charge is 0.301 e. The van der Waals surface area contributed by atoms with E-state index in [0.717, 1.165) is 31.7 Å². The van der Waals surface area contributed by atoms with E-state index < -0.39 is 16.0 Å². The second kappa shape index (κ2) is 5.75. The van der Waals surface area contributed by atoms with Gasteiger partial charge < -0.3 is 5.73 Å². The van der Waals surface area contributed by atoms with Gasteiger partial charge >= 0.3 is 10.2 Å². The zero-order valence-corrected chi connectivity index (χ0v) is 11.4. The number of nitrogens with zero attached hydrogens (tertiary/aromatic N) is 1. The van der Waals surface area contributed by atoms with Crippen LogP contribution in [0.5, 0.6) is 0 Å². The van der Waals surface area contributed by atoms with Crippen LogP contribution in [-0.2, 0) is 10.2 Å². The maximum atomic E-state index is 13.0. The van der Waals surface area contributed by atoms with Crippen molar-refractivity contribution in [3.8, 4) is 0 Å². The number of hydrogen-bond donors (Lipinski definition) is 2. The Hall–Kier alpha value is -1.34. The highest BCUT2D eigenvalue weighted by Gasteiger charge is 2.22. The van der Waals surface area contributed by atoms with Crippen molar-refractivity contribution in [2.24, 2.45) is 0 Å². The summed E-state index contributed by atoms with van der Waals surface area (Å²) in [6, 6.07) is 3.79. The third kappa shape index (κ3) is 3.57. The van der Waals surface area contributed by atoms with E-state index in [2.05, 4.69) is 4.72 Å². The standard InChI is InChI=1S/C12H18FN3O2S/c13-11-6-5-10(9-12(11)14)15-19(17,18)16-7-3-1-2-4-8-16/h5-6,9,15H,1-4,7-8,14H2. The predicted molar refractivity (Wildman–Crippen MR) is 73.4 cm³/mol. The van der Waals surface area contributed by atoms with Gasteiger partial charge in [-0.15, -0.1) is 0 Å². The van der Waals surface area contributed by atoms with Gasteiger partial charge in [0.05, 0.1) is 11.4 Å². The highest BCUT2D eigenvalue weighted by molar-refractivity contribution is 7.90. The molecule has 106 valence electrons. The Balaban J connectivity index is 2.13. The van der Waals surface area contributed by atoms with Crippen molar-refractivity contribution in [2.45, 2.75) is 25.7 Å². The van der Waals surface area contributed by atoms with Crippen LogP contribution >= 0.6 is 0 Å². The molecule has 1 saturated heterocycles. The molecule has 3 N–H and O–H groups in total. The number of anilines is 2. The largest absolute Gasteiger partial charge is 0.396 e. The SMILES string of the molecule is Nc1cc(NS(=O)(=O)N2CCCCCC2)ccc1F. The Labute approximate surface area is 112 Å². The van der Waals surface area contributed by atoms with E-state index in [0.29, 0.717) is 13.1 Å². The van der Waals surface area contributed by atoms with Gasteiger partial charge in [0.25, 0.3) is 0 Å². The van der Waals surface area contributed by atoms with Crippen molar-refractivity contribution < 1.29 is 12.8 Å². The Morgan fingerprint density at radius 2 is 1.79 bits per heavy atom. The zero-order valence-electron chi connectivity index (χ0n) is 10.6. The Kier molecular flexibility index (Phi) is 4.26. The molecule has 0 radical (unpaired) electrons. The Morgan fingerprint density at radius 1 is 1.16 bits per heavy atom. The van der Waals surface area contributed by atoms with Gasteiger partial charge in [-0.2, -0.15) is 12.7 Å². The summed E-state index contributed by atoms with van der Waals surface area (Å²) in [6.07, 6.45) is 3.84. The molecule has 0 saturated carbocycles. The number of hydrogen-bond acceptors (Lipinski definition) is 3. The number of nitrogens with two attached hydrogens (primary N) is 1. The lowest BCUT2D eigenvalue weighted by Gasteiger charge is -2.20. The Morgan fingerprint density at radius 3 is 2.37 bits per heavy atom. The van der Waals surface area contributed by atoms with E-state index in [1.54, 1.807) is 0 Å². The molecule has 0 aromatic heterocycles. The molecule has 0 bridgehead atoms. The van der Waals surface area contributed by atoms with E-state index in [1.807, 2.05) is 0 Å². The molecule has 0 aliphatic carbocycles. The average molecular weight is 287 g/mol. The number of benzene rings is 1. The van der Waals surface area contributed by atoms with Gasteiger partial charge in [0.1, 0.15) is 5.82 Å². The van der Waals surface area contributed by atoms with E-state index in [9.17, 15) is 12.8 Å². The fourth-order valence-corrected chi connectivity index (χ4v) is 3.40. The lowest BCUT2D eigenvalue weighted by Crippen LogP contribution is -2.36. The minimum Gasteiger partial charge on any atom is -0.396 e. The molecule has 5 nitrogen and oxygen atoms in total. The molecule has 0 atom stereocenters. The molecular weight excluding hydrogens is 269 g/mol. The van der Waals surface area contributed by atoms with Gasteiger partial charge in [0, 0.05) is 13.1 Å². The molecular formula is C12H18FN3O2S. The van der Waals surface area contributed by atoms with Crippen LogP contribution in [0.25, 0.3) is 0 Å². The molecule has 0 unspecified atom stereocenters. The fourth-order valence-electron chi connectivity index (χ4n) is 2.10. The molecule has 1 aliphatic rings. The highest BCUT2D eigenvalue weighted by atomic mass is 32.2. The first-order valence-corrected chi connectivity index (χ1v) is 7.76. The van der Waals surface area contributed by atoms with Crippen LogP contribution in [0, 0.1) is 5.82 Å². The van der Waals surface area contributed by atoms with Crippen LogP contribution in [0.2, 0.25) is 0 Å². The molecule has 1 aromatic rings. The lowest BCUT2D eigenvalue weighted by molar-refractivity contribution is 0.427. The zero-order chi connectivity index (χ0) is 13.9. The maximum absolute atomic E-state index is 13.0. The molecule has 1 heterocycles. The van der Waals surface area contributed by atoms with Crippen molar-refractivity contribution in [2.75, 3.05) is 23.5 Å². The van der Waals surface area contributed by atoms with Crippen molar-refractivity contribution >= 4 is 21.6 Å². The first-order valence-electron chi connectivity index (χ1n) is 6.32. The summed E-state index contributed by atoms with van der Waals surface area (Å²) >= 11 is 0. The van der Waals surface area contributed by atoms with Gasteiger partial charge in [-0.1, -0.05) is 12.8 Å². The Bertz CT molecular complexity index is 540. The number of rotatable bonds is 3. The molecule has 0 spiro atoms. The van der Waals surface area contributed by atoms with Crippen LogP contribution in [0.15, 0.2) is 18.2 Å². The molecule has 0 amide bonds. The van der Waals surface area contributed by atoms with Crippen LogP contribution in [-0.4, -0.2) is 25.8 Å². The fraction of sp³-hybridized carbons (Fsp3) is 0.500. The van der Waals surface area contributed by atoms with Crippen LogP contribution in [0.1, 0.15) is 25.7 Å². The minimum absolute atomic E-state index is 0.0731. The minimum atomic E-state index is -3.58. The van der Waals surface area contributed by atoms with E-state index >= 15 is 0 Å². The highest BCUT2D eigenvalue weighted by Crippen LogP contribution is 2.20. The first-order chi connectivity index (χ1) is 8.99. The normalized spacial score (nSPS) is 17.9. The molecule has 7 heteroatoms. The topological polar surface area (TPSA) is 75.4 Å². The third-order valence-corrected chi connectivity index (χ3v) is 4.69. The van der Waals surface area contributed by atoms with Gasteiger partial charge in [-0.05, 0) is 31.0 Å². The third-order valence-electron chi connectivity index (χ3n) is 3.15. The summed E-state index contributed by atoms with van der Waals surface area (Å²) in [5, 5.41) is 0. The maximum Gasteiger partial charge on any atom is 0.301 e. The van der Waals surface area contributed by atoms with E-state index in [1.165, 1.54) is 16.4 Å². The summed E-state index contributed by atoms with van der Waals surface area (Å²) in [5.74, 6) is -0.558. The summed E-state index contributed by atoms with van der Waals surface area (Å²) in [5.41, 5.74) is 5.63. The second-order valence-electron chi connectivity index (χ2n) is 4.66. The van der Waals surface area contributed by atoms with Crippen molar-refractivity contribution in [1.29, 1.82) is 0 Å². The molecule has 2 rings (SSSR count). The summed E-state index contributed by atoms with van der Waals surface area (Å²) < 4.78 is 41.3. The van der Waals surface area contributed by atoms with Gasteiger partial charge in [0.2, 0.25) is 0 Å². The summed E-state index contributed by atoms with van der Waals surface area (Å²) in [7, 11) is -3.58. The average Bonchev–Trinajstić information content (AvgIpc) is 2.63. The monoisotopic (exact) mass is 287 g/mol. The van der Waals surface area contributed by atoms with Gasteiger partial charge in [-0.25, -0.2) is 4.39 Å². The van der Waals surface area contributed by atoms with Crippen LogP contribution in [0.4, 0.5) is 15.8 Å². The van der Waals surface area contributed by atoms with Crippen LogP contribution < -0.4 is 10.5 Å². The van der Waals surface area contributed by atoms with Crippen LogP contribution in [0.3, 0.4) is 0 Å². The van der Waals surface area contributed by atoms with Gasteiger partial charge in [-0.3, -0.25) is 4.72 Å². The van der Waals surface area contributed by atoms with Crippen molar-refractivity contribution in [1.82, 2.24) is 4.31 Å². The molecule has 1 aliphatic heterocycles. The van der Waals surface area contributed by atoms with Gasteiger partial charge in [0.15, 0.2) is 0 Å². The van der Waals surface area contributed by atoms with E-state index in [4.69, 9.17) is 5.73 Å². The number of nitrogens with one attached hydrogen (secondary N) is 1. The van der Waals surface area contributed by atoms with Crippen molar-refractivity contribution in [3.63, 3.8) is 0 Å².